The Kier molecular flexibility index (Phi) is 4.68. The second-order valence-electron chi connectivity index (χ2n) is 5.51. The molecule has 1 aromatic carbocycles. The van der Waals surface area contributed by atoms with Crippen molar-refractivity contribution in [2.45, 2.75) is 45.2 Å². The molecular formula is C15H23BrN2. The molecule has 3 heteroatoms. The number of halogens is 1. The molecule has 1 fully saturated rings. The first-order chi connectivity index (χ1) is 8.61. The smallest absolute Gasteiger partial charge is 0.0510 e. The predicted octanol–water partition coefficient (Wildman–Crippen LogP) is 3.92. The van der Waals surface area contributed by atoms with Crippen molar-refractivity contribution in [1.82, 2.24) is 0 Å². The molecule has 0 spiro atoms. The van der Waals surface area contributed by atoms with Crippen LogP contribution in [0.3, 0.4) is 0 Å². The fraction of sp³-hybridized carbons (Fsp3) is 0.600. The van der Waals surface area contributed by atoms with Crippen LogP contribution in [0.4, 0.5) is 5.69 Å². The summed E-state index contributed by atoms with van der Waals surface area (Å²) in [6, 6.07) is 7.13. The Bertz CT molecular complexity index is 397. The molecule has 0 unspecified atom stereocenters. The third kappa shape index (κ3) is 3.07. The fourth-order valence-electron chi connectivity index (χ4n) is 2.79. The first kappa shape index (κ1) is 13.9. The fourth-order valence-corrected chi connectivity index (χ4v) is 3.50. The van der Waals surface area contributed by atoms with E-state index in [1.807, 2.05) is 0 Å². The highest BCUT2D eigenvalue weighted by molar-refractivity contribution is 9.10. The van der Waals surface area contributed by atoms with E-state index in [1.54, 1.807) is 0 Å². The topological polar surface area (TPSA) is 29.3 Å². The van der Waals surface area contributed by atoms with Gasteiger partial charge in [-0.15, -0.1) is 0 Å². The summed E-state index contributed by atoms with van der Waals surface area (Å²) in [5.41, 5.74) is 8.13. The van der Waals surface area contributed by atoms with Crippen molar-refractivity contribution in [2.24, 2.45) is 11.7 Å². The molecule has 0 atom stereocenters. The minimum atomic E-state index is 0.601. The Balaban J connectivity index is 2.11. The van der Waals surface area contributed by atoms with E-state index in [9.17, 15) is 0 Å². The first-order valence-electron chi connectivity index (χ1n) is 6.83. The molecule has 0 saturated heterocycles. The summed E-state index contributed by atoms with van der Waals surface area (Å²) in [7, 11) is 2.21. The maximum Gasteiger partial charge on any atom is 0.0510 e. The number of hydrogen-bond acceptors (Lipinski definition) is 2. The molecular weight excluding hydrogens is 288 g/mol. The lowest BCUT2D eigenvalue weighted by Crippen LogP contribution is -2.35. The molecule has 2 N–H and O–H groups in total. The van der Waals surface area contributed by atoms with Crippen LogP contribution in [0.1, 0.15) is 38.2 Å². The summed E-state index contributed by atoms with van der Waals surface area (Å²) < 4.78 is 1.16. The van der Waals surface area contributed by atoms with E-state index in [4.69, 9.17) is 5.73 Å². The van der Waals surface area contributed by atoms with Gasteiger partial charge in [0.1, 0.15) is 0 Å². The zero-order valence-electron chi connectivity index (χ0n) is 11.3. The largest absolute Gasteiger partial charge is 0.371 e. The maximum absolute atomic E-state index is 5.67. The second-order valence-corrected chi connectivity index (χ2v) is 6.37. The Morgan fingerprint density at radius 3 is 2.50 bits per heavy atom. The third-order valence-electron chi connectivity index (χ3n) is 4.16. The van der Waals surface area contributed by atoms with Gasteiger partial charge in [-0.25, -0.2) is 0 Å². The summed E-state index contributed by atoms with van der Waals surface area (Å²) in [5, 5.41) is 0. The highest BCUT2D eigenvalue weighted by Crippen LogP contribution is 2.33. The van der Waals surface area contributed by atoms with Gasteiger partial charge in [0, 0.05) is 24.1 Å². The van der Waals surface area contributed by atoms with E-state index in [1.165, 1.54) is 36.9 Å². The molecule has 0 bridgehead atoms. The Hall–Kier alpha value is -0.540. The summed E-state index contributed by atoms with van der Waals surface area (Å²) >= 11 is 3.67. The van der Waals surface area contributed by atoms with Crippen molar-refractivity contribution in [2.75, 3.05) is 11.9 Å². The van der Waals surface area contributed by atoms with Crippen molar-refractivity contribution >= 4 is 21.6 Å². The van der Waals surface area contributed by atoms with Crippen molar-refractivity contribution < 1.29 is 0 Å². The van der Waals surface area contributed by atoms with Gasteiger partial charge >= 0.3 is 0 Å². The molecule has 0 amide bonds. The summed E-state index contributed by atoms with van der Waals surface area (Å²) in [6.07, 6.45) is 5.33. The number of benzene rings is 1. The van der Waals surface area contributed by atoms with Gasteiger partial charge in [-0.2, -0.15) is 0 Å². The molecule has 2 rings (SSSR count). The van der Waals surface area contributed by atoms with Crippen LogP contribution in [0.25, 0.3) is 0 Å². The van der Waals surface area contributed by atoms with Gasteiger partial charge in [0.05, 0.1) is 5.69 Å². The lowest BCUT2D eigenvalue weighted by Gasteiger charge is -2.35. The van der Waals surface area contributed by atoms with E-state index in [0.717, 1.165) is 10.4 Å². The Morgan fingerprint density at radius 1 is 1.28 bits per heavy atom. The zero-order chi connectivity index (χ0) is 13.1. The molecule has 100 valence electrons. The van der Waals surface area contributed by atoms with Crippen LogP contribution in [0.2, 0.25) is 0 Å². The van der Waals surface area contributed by atoms with Gasteiger partial charge in [0.2, 0.25) is 0 Å². The maximum atomic E-state index is 5.67. The number of rotatable bonds is 3. The number of nitrogens with two attached hydrogens (primary N) is 1. The van der Waals surface area contributed by atoms with Crippen molar-refractivity contribution in [3.05, 3.63) is 28.2 Å². The minimum absolute atomic E-state index is 0.601. The van der Waals surface area contributed by atoms with Gasteiger partial charge < -0.3 is 10.6 Å². The first-order valence-corrected chi connectivity index (χ1v) is 7.62. The molecule has 1 saturated carbocycles. The Labute approximate surface area is 119 Å². The quantitative estimate of drug-likeness (QED) is 0.916. The number of nitrogens with zero attached hydrogens (tertiary/aromatic N) is 1. The van der Waals surface area contributed by atoms with Gasteiger partial charge in [-0.3, -0.25) is 0 Å². The minimum Gasteiger partial charge on any atom is -0.371 e. The van der Waals surface area contributed by atoms with Crippen LogP contribution in [-0.2, 0) is 6.54 Å². The predicted molar refractivity (Wildman–Crippen MR) is 81.9 cm³/mol. The van der Waals surface area contributed by atoms with Crippen molar-refractivity contribution in [3.8, 4) is 0 Å². The van der Waals surface area contributed by atoms with Crippen LogP contribution in [0.15, 0.2) is 22.7 Å². The molecule has 1 aromatic rings. The number of anilines is 1. The van der Waals surface area contributed by atoms with Gasteiger partial charge in [0.25, 0.3) is 0 Å². The molecule has 18 heavy (non-hydrogen) atoms. The summed E-state index contributed by atoms with van der Waals surface area (Å²) in [5.74, 6) is 0.901. The molecule has 0 aromatic heterocycles. The van der Waals surface area contributed by atoms with Crippen molar-refractivity contribution in [1.29, 1.82) is 0 Å². The molecule has 0 heterocycles. The van der Waals surface area contributed by atoms with Gasteiger partial charge in [-0.1, -0.05) is 13.0 Å². The molecule has 0 radical (unpaired) electrons. The van der Waals surface area contributed by atoms with Crippen LogP contribution in [-0.4, -0.2) is 13.1 Å². The highest BCUT2D eigenvalue weighted by atomic mass is 79.9. The monoisotopic (exact) mass is 310 g/mol. The summed E-state index contributed by atoms with van der Waals surface area (Å²) in [6.45, 7) is 2.96. The lowest BCUT2D eigenvalue weighted by atomic mass is 9.86. The van der Waals surface area contributed by atoms with Crippen molar-refractivity contribution in [3.63, 3.8) is 0 Å². The van der Waals surface area contributed by atoms with Crippen LogP contribution >= 0.6 is 15.9 Å². The SMILES string of the molecule is CC1CCC(N(C)c2ccc(CN)cc2Br)CC1. The number of hydrogen-bond donors (Lipinski definition) is 1. The van der Waals surface area contributed by atoms with Crippen LogP contribution in [0.5, 0.6) is 0 Å². The normalized spacial score (nSPS) is 24.0. The molecule has 2 nitrogen and oxygen atoms in total. The Morgan fingerprint density at radius 2 is 1.94 bits per heavy atom. The van der Waals surface area contributed by atoms with E-state index in [-0.39, 0.29) is 0 Å². The summed E-state index contributed by atoms with van der Waals surface area (Å²) in [4.78, 5) is 2.43. The van der Waals surface area contributed by atoms with Crippen LogP contribution < -0.4 is 10.6 Å². The lowest BCUT2D eigenvalue weighted by molar-refractivity contribution is 0.340. The van der Waals surface area contributed by atoms with Crippen LogP contribution in [0, 0.1) is 5.92 Å². The van der Waals surface area contributed by atoms with E-state index in [0.29, 0.717) is 12.6 Å². The highest BCUT2D eigenvalue weighted by Gasteiger charge is 2.22. The zero-order valence-corrected chi connectivity index (χ0v) is 12.9. The average Bonchev–Trinajstić information content (AvgIpc) is 2.38. The molecule has 1 aliphatic rings. The molecule has 0 aliphatic heterocycles. The van der Waals surface area contributed by atoms with Gasteiger partial charge in [-0.05, 0) is 65.2 Å². The second kappa shape index (κ2) is 6.07. The van der Waals surface area contributed by atoms with E-state index in [2.05, 4.69) is 53.0 Å². The third-order valence-corrected chi connectivity index (χ3v) is 4.80. The van der Waals surface area contributed by atoms with E-state index < -0.39 is 0 Å². The van der Waals surface area contributed by atoms with Gasteiger partial charge in [0.15, 0.2) is 0 Å². The van der Waals surface area contributed by atoms with E-state index >= 15 is 0 Å². The average molecular weight is 311 g/mol. The standard InChI is InChI=1S/C15H23BrN2/c1-11-3-6-13(7-4-11)18(2)15-8-5-12(10-17)9-14(15)16/h5,8-9,11,13H,3-4,6-7,10,17H2,1-2H3. The molecule has 1 aliphatic carbocycles.